The van der Waals surface area contributed by atoms with Crippen molar-refractivity contribution in [1.29, 1.82) is 0 Å². The van der Waals surface area contributed by atoms with Gasteiger partial charge < -0.3 is 4.90 Å². The topological polar surface area (TPSA) is 25.4 Å². The van der Waals surface area contributed by atoms with E-state index in [0.717, 1.165) is 12.2 Å². The average molecular weight is 190 g/mol. The van der Waals surface area contributed by atoms with Gasteiger partial charge in [-0.2, -0.15) is 5.10 Å². The molecule has 1 aromatic rings. The van der Waals surface area contributed by atoms with Gasteiger partial charge in [0.2, 0.25) is 5.70 Å². The Morgan fingerprint density at radius 2 is 2.43 bits per heavy atom. The number of aromatic nitrogens is 2. The van der Waals surface area contributed by atoms with Crippen molar-refractivity contribution in [1.82, 2.24) is 14.7 Å². The third-order valence-corrected chi connectivity index (χ3v) is 1.78. The molecule has 4 nitrogen and oxygen atoms in total. The third-order valence-electron chi connectivity index (χ3n) is 1.78. The first-order valence-corrected chi connectivity index (χ1v) is 4.47. The van der Waals surface area contributed by atoms with E-state index in [1.54, 1.807) is 12.4 Å². The molecule has 0 spiro atoms. The Hall–Kier alpha value is -1.76. The first kappa shape index (κ1) is 10.3. The Labute approximate surface area is 84.3 Å². The van der Waals surface area contributed by atoms with E-state index in [-0.39, 0.29) is 0 Å². The van der Waals surface area contributed by atoms with E-state index >= 15 is 0 Å². The molecule has 0 saturated carbocycles. The van der Waals surface area contributed by atoms with Crippen LogP contribution in [0.3, 0.4) is 0 Å². The first-order valence-electron chi connectivity index (χ1n) is 4.47. The molecule has 0 saturated heterocycles. The quantitative estimate of drug-likeness (QED) is 0.678. The molecular formula is C10H14N4. The van der Waals surface area contributed by atoms with Gasteiger partial charge in [-0.25, -0.2) is 4.85 Å². The van der Waals surface area contributed by atoms with Crippen LogP contribution in [0.2, 0.25) is 0 Å². The number of hydrogen-bond acceptors (Lipinski definition) is 2. The van der Waals surface area contributed by atoms with E-state index in [1.807, 2.05) is 36.7 Å². The summed E-state index contributed by atoms with van der Waals surface area (Å²) < 4.78 is 1.81. The molecule has 0 atom stereocenters. The van der Waals surface area contributed by atoms with Gasteiger partial charge in [0.25, 0.3) is 0 Å². The molecule has 0 N–H and O–H groups in total. The van der Waals surface area contributed by atoms with Crippen LogP contribution in [0.15, 0.2) is 18.5 Å². The fourth-order valence-corrected chi connectivity index (χ4v) is 1.20. The summed E-state index contributed by atoms with van der Waals surface area (Å²) in [5.41, 5.74) is 1.49. The fraction of sp³-hybridized carbons (Fsp3) is 0.400. The van der Waals surface area contributed by atoms with Gasteiger partial charge in [-0.1, -0.05) is 0 Å². The maximum absolute atomic E-state index is 7.09. The Morgan fingerprint density at radius 1 is 1.71 bits per heavy atom. The minimum Gasteiger partial charge on any atom is -0.393 e. The smallest absolute Gasteiger partial charge is 0.227 e. The van der Waals surface area contributed by atoms with Crippen molar-refractivity contribution in [3.63, 3.8) is 0 Å². The highest BCUT2D eigenvalue weighted by molar-refractivity contribution is 5.67. The minimum atomic E-state index is 0.620. The normalized spacial score (nSPS) is 11.1. The molecule has 0 fully saturated rings. The molecule has 1 rings (SSSR count). The molecule has 0 aliphatic rings. The lowest BCUT2D eigenvalue weighted by Gasteiger charge is -2.07. The predicted octanol–water partition coefficient (Wildman–Crippen LogP) is 1.68. The van der Waals surface area contributed by atoms with Gasteiger partial charge in [-0.15, -0.1) is 0 Å². The highest BCUT2D eigenvalue weighted by Gasteiger charge is 2.06. The molecule has 0 unspecified atom stereocenters. The van der Waals surface area contributed by atoms with Crippen LogP contribution in [-0.2, 0) is 6.54 Å². The average Bonchev–Trinajstić information content (AvgIpc) is 2.61. The number of rotatable bonds is 3. The highest BCUT2D eigenvalue weighted by Crippen LogP contribution is 2.15. The SMILES string of the molecule is [C-]#[N+]/C(=C\N(C)C)c1ccnn1CC. The zero-order chi connectivity index (χ0) is 10.6. The molecule has 14 heavy (non-hydrogen) atoms. The number of nitrogens with zero attached hydrogens (tertiary/aromatic N) is 4. The molecule has 0 bridgehead atoms. The van der Waals surface area contributed by atoms with Crippen LogP contribution in [0.5, 0.6) is 0 Å². The number of aryl methyl sites for hydroxylation is 1. The van der Waals surface area contributed by atoms with E-state index in [1.165, 1.54) is 0 Å². The maximum Gasteiger partial charge on any atom is 0.227 e. The zero-order valence-corrected chi connectivity index (χ0v) is 8.73. The van der Waals surface area contributed by atoms with Crippen molar-refractivity contribution in [2.24, 2.45) is 0 Å². The minimum absolute atomic E-state index is 0.620. The third kappa shape index (κ3) is 2.13. The van der Waals surface area contributed by atoms with Crippen LogP contribution < -0.4 is 0 Å². The van der Waals surface area contributed by atoms with E-state index in [4.69, 9.17) is 6.57 Å². The fourth-order valence-electron chi connectivity index (χ4n) is 1.20. The molecular weight excluding hydrogens is 176 g/mol. The van der Waals surface area contributed by atoms with Gasteiger partial charge in [0.05, 0.1) is 12.3 Å². The lowest BCUT2D eigenvalue weighted by molar-refractivity contribution is 0.564. The first-order chi connectivity index (χ1) is 6.69. The molecule has 0 radical (unpaired) electrons. The maximum atomic E-state index is 7.09. The molecule has 74 valence electrons. The lowest BCUT2D eigenvalue weighted by Crippen LogP contribution is -2.05. The second kappa shape index (κ2) is 4.47. The van der Waals surface area contributed by atoms with Gasteiger partial charge in [0.1, 0.15) is 0 Å². The molecule has 0 aliphatic carbocycles. The van der Waals surface area contributed by atoms with Crippen LogP contribution in [-0.4, -0.2) is 28.8 Å². The Bertz CT molecular complexity index is 368. The zero-order valence-electron chi connectivity index (χ0n) is 8.73. The standard InChI is InChI=1S/C10H14N4/c1-5-14-10(6-7-12-14)9(11-2)8-13(3)4/h6-8H,5H2,1,3-4H3/b9-8-. The van der Waals surface area contributed by atoms with Gasteiger partial charge in [-0.3, -0.25) is 4.68 Å². The summed E-state index contributed by atoms with van der Waals surface area (Å²) in [5, 5.41) is 4.12. The molecule has 1 heterocycles. The summed E-state index contributed by atoms with van der Waals surface area (Å²) in [6.45, 7) is 9.88. The Morgan fingerprint density at radius 3 is 2.93 bits per heavy atom. The molecule has 1 aromatic heterocycles. The summed E-state index contributed by atoms with van der Waals surface area (Å²) in [5.74, 6) is 0. The molecule has 0 aromatic carbocycles. The lowest BCUT2D eigenvalue weighted by atomic mass is 10.3. The second-order valence-electron chi connectivity index (χ2n) is 3.12. The van der Waals surface area contributed by atoms with Gasteiger partial charge in [0, 0.05) is 33.0 Å². The van der Waals surface area contributed by atoms with Crippen molar-refractivity contribution in [3.05, 3.63) is 35.6 Å². The van der Waals surface area contributed by atoms with E-state index in [9.17, 15) is 0 Å². The summed E-state index contributed by atoms with van der Waals surface area (Å²) in [4.78, 5) is 5.35. The van der Waals surface area contributed by atoms with E-state index in [0.29, 0.717) is 5.70 Å². The van der Waals surface area contributed by atoms with Crippen molar-refractivity contribution in [2.45, 2.75) is 13.5 Å². The van der Waals surface area contributed by atoms with Gasteiger partial charge >= 0.3 is 0 Å². The second-order valence-corrected chi connectivity index (χ2v) is 3.12. The summed E-state index contributed by atoms with van der Waals surface area (Å²) >= 11 is 0. The Balaban J connectivity index is 3.08. The highest BCUT2D eigenvalue weighted by atomic mass is 15.3. The monoisotopic (exact) mass is 190 g/mol. The van der Waals surface area contributed by atoms with Crippen LogP contribution in [0.1, 0.15) is 12.6 Å². The molecule has 0 amide bonds. The van der Waals surface area contributed by atoms with Crippen molar-refractivity contribution >= 4 is 5.70 Å². The van der Waals surface area contributed by atoms with E-state index in [2.05, 4.69) is 9.94 Å². The van der Waals surface area contributed by atoms with Crippen LogP contribution in [0, 0.1) is 6.57 Å². The van der Waals surface area contributed by atoms with Crippen LogP contribution in [0.4, 0.5) is 0 Å². The van der Waals surface area contributed by atoms with E-state index < -0.39 is 0 Å². The van der Waals surface area contributed by atoms with Crippen molar-refractivity contribution in [3.8, 4) is 0 Å². The van der Waals surface area contributed by atoms with Gasteiger partial charge in [-0.05, 0) is 13.0 Å². The molecule has 4 heteroatoms. The molecule has 0 aliphatic heterocycles. The van der Waals surface area contributed by atoms with Crippen molar-refractivity contribution < 1.29 is 0 Å². The summed E-state index contributed by atoms with van der Waals surface area (Å²) in [6, 6.07) is 1.86. The van der Waals surface area contributed by atoms with Gasteiger partial charge in [0.15, 0.2) is 0 Å². The summed E-state index contributed by atoms with van der Waals surface area (Å²) in [6.07, 6.45) is 3.52. The predicted molar refractivity (Wildman–Crippen MR) is 56.2 cm³/mol. The van der Waals surface area contributed by atoms with Crippen molar-refractivity contribution in [2.75, 3.05) is 14.1 Å². The number of hydrogen-bond donors (Lipinski definition) is 0. The van der Waals surface area contributed by atoms with Crippen LogP contribution in [0.25, 0.3) is 10.5 Å². The Kier molecular flexibility index (Phi) is 3.29. The summed E-state index contributed by atoms with van der Waals surface area (Å²) in [7, 11) is 3.80. The van der Waals surface area contributed by atoms with Crippen LogP contribution >= 0.6 is 0 Å². The largest absolute Gasteiger partial charge is 0.393 e.